The largest absolute Gasteiger partial charge is 0.477 e. The first-order valence-electron chi connectivity index (χ1n) is 7.66. The Morgan fingerprint density at radius 3 is 2.86 bits per heavy atom. The van der Waals surface area contributed by atoms with Crippen LogP contribution >= 0.6 is 0 Å². The van der Waals surface area contributed by atoms with Crippen molar-refractivity contribution in [3.63, 3.8) is 0 Å². The molecule has 0 saturated carbocycles. The van der Waals surface area contributed by atoms with E-state index in [0.29, 0.717) is 31.5 Å². The molecule has 0 aromatic carbocycles. The van der Waals surface area contributed by atoms with Crippen LogP contribution in [0, 0.1) is 5.92 Å². The van der Waals surface area contributed by atoms with Gasteiger partial charge >= 0.3 is 0 Å². The lowest BCUT2D eigenvalue weighted by Gasteiger charge is -2.34. The first-order chi connectivity index (χ1) is 10.8. The Morgan fingerprint density at radius 2 is 2.14 bits per heavy atom. The molecule has 0 bridgehead atoms. The highest BCUT2D eigenvalue weighted by Crippen LogP contribution is 2.25. The Morgan fingerprint density at radius 1 is 1.32 bits per heavy atom. The molecule has 2 fully saturated rings. The van der Waals surface area contributed by atoms with Crippen molar-refractivity contribution in [1.82, 2.24) is 14.9 Å². The van der Waals surface area contributed by atoms with Gasteiger partial charge in [-0.2, -0.15) is 0 Å². The standard InChI is InChI=1S/C15H21N3O4/c1-20-13-14(17-6-5-16-13)22-12-3-2-7-18(9-12)15(19)11-4-8-21-10-11/h5-6,11-12H,2-4,7-10H2,1H3/t11-,12+/m0/s1. The highest BCUT2D eigenvalue weighted by molar-refractivity contribution is 5.79. The summed E-state index contributed by atoms with van der Waals surface area (Å²) in [5.41, 5.74) is 0. The highest BCUT2D eigenvalue weighted by atomic mass is 16.5. The van der Waals surface area contributed by atoms with Gasteiger partial charge in [-0.25, -0.2) is 9.97 Å². The predicted octanol–water partition coefficient (Wildman–Crippen LogP) is 0.891. The summed E-state index contributed by atoms with van der Waals surface area (Å²) in [6.07, 6.45) is 5.68. The van der Waals surface area contributed by atoms with Gasteiger partial charge in [0, 0.05) is 25.5 Å². The minimum atomic E-state index is -0.0781. The van der Waals surface area contributed by atoms with Crippen LogP contribution in [0.1, 0.15) is 19.3 Å². The molecule has 2 aliphatic rings. The number of hydrogen-bond acceptors (Lipinski definition) is 6. The van der Waals surface area contributed by atoms with Crippen LogP contribution in [0.2, 0.25) is 0 Å². The molecular formula is C15H21N3O4. The number of carbonyl (C=O) groups is 1. The van der Waals surface area contributed by atoms with Gasteiger partial charge in [-0.3, -0.25) is 4.79 Å². The molecule has 3 heterocycles. The molecule has 0 unspecified atom stereocenters. The molecule has 0 spiro atoms. The number of methoxy groups -OCH3 is 1. The first kappa shape index (κ1) is 15.0. The minimum Gasteiger partial charge on any atom is -0.477 e. The lowest BCUT2D eigenvalue weighted by molar-refractivity contribution is -0.138. The van der Waals surface area contributed by atoms with Crippen LogP contribution in [0.3, 0.4) is 0 Å². The fourth-order valence-corrected chi connectivity index (χ4v) is 2.91. The van der Waals surface area contributed by atoms with E-state index < -0.39 is 0 Å². The topological polar surface area (TPSA) is 73.8 Å². The van der Waals surface area contributed by atoms with E-state index in [1.165, 1.54) is 7.11 Å². The molecule has 0 N–H and O–H groups in total. The van der Waals surface area contributed by atoms with Gasteiger partial charge in [-0.1, -0.05) is 0 Å². The van der Waals surface area contributed by atoms with Crippen LogP contribution in [0.5, 0.6) is 11.8 Å². The number of rotatable bonds is 4. The van der Waals surface area contributed by atoms with Crippen molar-refractivity contribution in [1.29, 1.82) is 0 Å². The second kappa shape index (κ2) is 6.91. The number of nitrogens with zero attached hydrogens (tertiary/aromatic N) is 3. The van der Waals surface area contributed by atoms with Crippen LogP contribution in [0.4, 0.5) is 0 Å². The molecule has 1 amide bonds. The Balaban J connectivity index is 1.61. The summed E-state index contributed by atoms with van der Waals surface area (Å²) >= 11 is 0. The van der Waals surface area contributed by atoms with Gasteiger partial charge < -0.3 is 19.1 Å². The molecule has 2 aliphatic heterocycles. The molecule has 1 aromatic heterocycles. The summed E-state index contributed by atoms with van der Waals surface area (Å²) in [5.74, 6) is 0.936. The fraction of sp³-hybridized carbons (Fsp3) is 0.667. The van der Waals surface area contributed by atoms with Crippen LogP contribution in [-0.4, -0.2) is 60.3 Å². The Bertz CT molecular complexity index is 519. The zero-order valence-corrected chi connectivity index (χ0v) is 12.7. The summed E-state index contributed by atoms with van der Waals surface area (Å²) in [6.45, 7) is 2.58. The lowest BCUT2D eigenvalue weighted by atomic mass is 10.0. The van der Waals surface area contributed by atoms with Gasteiger partial charge in [0.2, 0.25) is 5.91 Å². The van der Waals surface area contributed by atoms with E-state index >= 15 is 0 Å². The summed E-state index contributed by atoms with van der Waals surface area (Å²) in [7, 11) is 1.54. The SMILES string of the molecule is COc1nccnc1O[C@@H]1CCCN(C(=O)[C@H]2CCOC2)C1. The third-order valence-corrected chi connectivity index (χ3v) is 4.07. The van der Waals surface area contributed by atoms with E-state index in [-0.39, 0.29) is 17.9 Å². The monoisotopic (exact) mass is 307 g/mol. The molecule has 120 valence electrons. The third kappa shape index (κ3) is 3.30. The number of ether oxygens (including phenoxy) is 3. The van der Waals surface area contributed by atoms with Crippen LogP contribution in [0.25, 0.3) is 0 Å². The van der Waals surface area contributed by atoms with Gasteiger partial charge in [0.15, 0.2) is 0 Å². The Labute approximate surface area is 129 Å². The Hall–Kier alpha value is -1.89. The molecule has 7 heteroatoms. The van der Waals surface area contributed by atoms with E-state index in [1.54, 1.807) is 12.4 Å². The quantitative estimate of drug-likeness (QED) is 0.822. The number of hydrogen-bond donors (Lipinski definition) is 0. The van der Waals surface area contributed by atoms with E-state index in [9.17, 15) is 4.79 Å². The highest BCUT2D eigenvalue weighted by Gasteiger charge is 2.32. The van der Waals surface area contributed by atoms with Crippen molar-refractivity contribution in [2.45, 2.75) is 25.4 Å². The zero-order chi connectivity index (χ0) is 15.4. The maximum atomic E-state index is 12.5. The van der Waals surface area contributed by atoms with E-state index in [0.717, 1.165) is 25.8 Å². The maximum absolute atomic E-state index is 12.5. The van der Waals surface area contributed by atoms with Crippen LogP contribution < -0.4 is 9.47 Å². The number of carbonyl (C=O) groups excluding carboxylic acids is 1. The first-order valence-corrected chi connectivity index (χ1v) is 7.66. The van der Waals surface area contributed by atoms with E-state index in [4.69, 9.17) is 14.2 Å². The van der Waals surface area contributed by atoms with Gasteiger partial charge in [-0.05, 0) is 19.3 Å². The van der Waals surface area contributed by atoms with Gasteiger partial charge in [0.25, 0.3) is 11.8 Å². The third-order valence-electron chi connectivity index (χ3n) is 4.07. The molecule has 1 aromatic rings. The van der Waals surface area contributed by atoms with Crippen molar-refractivity contribution in [2.24, 2.45) is 5.92 Å². The van der Waals surface area contributed by atoms with E-state index in [2.05, 4.69) is 9.97 Å². The molecule has 2 atom stereocenters. The van der Waals surface area contributed by atoms with Crippen molar-refractivity contribution in [3.8, 4) is 11.8 Å². The number of aromatic nitrogens is 2. The second-order valence-electron chi connectivity index (χ2n) is 5.60. The number of likely N-dealkylation sites (tertiary alicyclic amines) is 1. The molecule has 3 rings (SSSR count). The summed E-state index contributed by atoms with van der Waals surface area (Å²) in [5, 5.41) is 0. The van der Waals surface area contributed by atoms with Crippen LogP contribution in [-0.2, 0) is 9.53 Å². The molecule has 0 aliphatic carbocycles. The van der Waals surface area contributed by atoms with E-state index in [1.807, 2.05) is 4.90 Å². The molecule has 22 heavy (non-hydrogen) atoms. The van der Waals surface area contributed by atoms with Crippen molar-refractivity contribution >= 4 is 5.91 Å². The fourth-order valence-electron chi connectivity index (χ4n) is 2.91. The average molecular weight is 307 g/mol. The minimum absolute atomic E-state index is 0.00445. The van der Waals surface area contributed by atoms with Crippen molar-refractivity contribution < 1.29 is 19.0 Å². The van der Waals surface area contributed by atoms with Crippen molar-refractivity contribution in [2.75, 3.05) is 33.4 Å². The van der Waals surface area contributed by atoms with Gasteiger partial charge in [0.1, 0.15) is 6.10 Å². The summed E-state index contributed by atoms with van der Waals surface area (Å²) in [4.78, 5) is 22.6. The molecule has 2 saturated heterocycles. The predicted molar refractivity (Wildman–Crippen MR) is 77.7 cm³/mol. The van der Waals surface area contributed by atoms with Gasteiger partial charge in [0.05, 0.1) is 26.2 Å². The van der Waals surface area contributed by atoms with Gasteiger partial charge in [-0.15, -0.1) is 0 Å². The number of amides is 1. The van der Waals surface area contributed by atoms with Crippen LogP contribution in [0.15, 0.2) is 12.4 Å². The average Bonchev–Trinajstić information content (AvgIpc) is 3.09. The molecule has 0 radical (unpaired) electrons. The summed E-state index contributed by atoms with van der Waals surface area (Å²) in [6, 6.07) is 0. The normalized spacial score (nSPS) is 25.0. The maximum Gasteiger partial charge on any atom is 0.278 e. The zero-order valence-electron chi connectivity index (χ0n) is 12.7. The van der Waals surface area contributed by atoms with Crippen molar-refractivity contribution in [3.05, 3.63) is 12.4 Å². The molecule has 7 nitrogen and oxygen atoms in total. The number of piperidine rings is 1. The molecular weight excluding hydrogens is 286 g/mol. The second-order valence-corrected chi connectivity index (χ2v) is 5.60. The Kier molecular flexibility index (Phi) is 4.72. The lowest BCUT2D eigenvalue weighted by Crippen LogP contribution is -2.46. The summed E-state index contributed by atoms with van der Waals surface area (Å²) < 4.78 is 16.4. The smallest absolute Gasteiger partial charge is 0.278 e.